The Kier molecular flexibility index (Phi) is 10.6. The Morgan fingerprint density at radius 1 is 1.32 bits per heavy atom. The molecular formula is C15H31Cl2N3O2. The minimum Gasteiger partial charge on any atom is -0.375 e. The van der Waals surface area contributed by atoms with Gasteiger partial charge in [0, 0.05) is 26.2 Å². The van der Waals surface area contributed by atoms with Crippen molar-refractivity contribution in [3.63, 3.8) is 0 Å². The molecule has 1 N–H and O–H groups in total. The van der Waals surface area contributed by atoms with Crippen molar-refractivity contribution in [3.8, 4) is 0 Å². The van der Waals surface area contributed by atoms with Gasteiger partial charge in [-0.25, -0.2) is 0 Å². The fourth-order valence-electron chi connectivity index (χ4n) is 3.24. The molecule has 1 unspecified atom stereocenters. The molecule has 1 amide bonds. The fraction of sp³-hybridized carbons (Fsp3) is 0.933. The molecule has 132 valence electrons. The summed E-state index contributed by atoms with van der Waals surface area (Å²) in [5.41, 5.74) is 0. The largest absolute Gasteiger partial charge is 0.375 e. The van der Waals surface area contributed by atoms with Gasteiger partial charge >= 0.3 is 0 Å². The Hall–Kier alpha value is -0.0700. The predicted molar refractivity (Wildman–Crippen MR) is 94.2 cm³/mol. The van der Waals surface area contributed by atoms with E-state index in [2.05, 4.69) is 24.1 Å². The first-order valence-corrected chi connectivity index (χ1v) is 8.01. The minimum absolute atomic E-state index is 0. The lowest BCUT2D eigenvalue weighted by atomic mass is 10.1. The highest BCUT2D eigenvalue weighted by molar-refractivity contribution is 5.85. The van der Waals surface area contributed by atoms with Gasteiger partial charge in [-0.3, -0.25) is 4.79 Å². The molecule has 2 saturated heterocycles. The average molecular weight is 356 g/mol. The van der Waals surface area contributed by atoms with E-state index in [9.17, 15) is 4.79 Å². The number of hydrogen-bond donors (Lipinski definition) is 1. The third-order valence-electron chi connectivity index (χ3n) is 4.59. The summed E-state index contributed by atoms with van der Waals surface area (Å²) in [5.74, 6) is 0.845. The van der Waals surface area contributed by atoms with Crippen LogP contribution in [-0.2, 0) is 9.53 Å². The van der Waals surface area contributed by atoms with E-state index in [4.69, 9.17) is 4.74 Å². The average Bonchev–Trinajstić information content (AvgIpc) is 2.93. The van der Waals surface area contributed by atoms with Gasteiger partial charge in [-0.15, -0.1) is 24.8 Å². The number of ether oxygens (including phenoxy) is 1. The van der Waals surface area contributed by atoms with Crippen molar-refractivity contribution < 1.29 is 9.53 Å². The fourth-order valence-corrected chi connectivity index (χ4v) is 3.24. The normalized spacial score (nSPS) is 28.2. The Labute approximate surface area is 146 Å². The van der Waals surface area contributed by atoms with E-state index in [0.717, 1.165) is 45.7 Å². The summed E-state index contributed by atoms with van der Waals surface area (Å²) >= 11 is 0. The number of hydrogen-bond acceptors (Lipinski definition) is 4. The van der Waals surface area contributed by atoms with Crippen molar-refractivity contribution >= 4 is 30.7 Å². The van der Waals surface area contributed by atoms with E-state index in [0.29, 0.717) is 12.5 Å². The molecule has 2 rings (SSSR count). The quantitative estimate of drug-likeness (QED) is 0.809. The molecule has 7 heteroatoms. The van der Waals surface area contributed by atoms with E-state index < -0.39 is 0 Å². The number of carbonyl (C=O) groups excluding carboxylic acids is 1. The molecule has 5 nitrogen and oxygen atoms in total. The second kappa shape index (κ2) is 10.7. The highest BCUT2D eigenvalue weighted by atomic mass is 35.5. The number of rotatable bonds is 5. The number of nitrogens with zero attached hydrogens (tertiary/aromatic N) is 2. The van der Waals surface area contributed by atoms with E-state index in [1.807, 2.05) is 11.8 Å². The maximum atomic E-state index is 12.6. The van der Waals surface area contributed by atoms with Gasteiger partial charge in [0.05, 0.1) is 12.7 Å². The molecule has 0 aromatic rings. The molecule has 3 atom stereocenters. The van der Waals surface area contributed by atoms with Gasteiger partial charge in [-0.1, -0.05) is 13.8 Å². The van der Waals surface area contributed by atoms with Crippen LogP contribution in [0.15, 0.2) is 0 Å². The summed E-state index contributed by atoms with van der Waals surface area (Å²) in [6.45, 7) is 13.0. The van der Waals surface area contributed by atoms with Crippen LogP contribution in [0.25, 0.3) is 0 Å². The molecule has 0 saturated carbocycles. The highest BCUT2D eigenvalue weighted by Gasteiger charge is 2.35. The molecule has 0 spiro atoms. The predicted octanol–water partition coefficient (Wildman–Crippen LogP) is 1.40. The van der Waals surface area contributed by atoms with E-state index in [1.54, 1.807) is 0 Å². The van der Waals surface area contributed by atoms with Crippen LogP contribution in [0.5, 0.6) is 0 Å². The molecule has 2 heterocycles. The van der Waals surface area contributed by atoms with Crippen molar-refractivity contribution in [2.45, 2.75) is 39.3 Å². The second-order valence-corrected chi connectivity index (χ2v) is 5.93. The molecular weight excluding hydrogens is 325 g/mol. The lowest BCUT2D eigenvalue weighted by Crippen LogP contribution is -2.56. The Balaban J connectivity index is 0.00000220. The lowest BCUT2D eigenvalue weighted by molar-refractivity contribution is -0.138. The molecule has 0 aliphatic carbocycles. The van der Waals surface area contributed by atoms with Gasteiger partial charge in [-0.05, 0) is 32.4 Å². The summed E-state index contributed by atoms with van der Waals surface area (Å²) in [6, 6.07) is -0.157. The standard InChI is InChI=1S/C15H29N3O2.2ClH/c1-4-17(5-2)10-13-6-8-18(11-13)15(19)14-12(3)20-9-7-16-14;;/h12-14,16H,4-11H2,1-3H3;2*1H/t12-,13?,14+;;/m1../s1. The summed E-state index contributed by atoms with van der Waals surface area (Å²) < 4.78 is 5.58. The van der Waals surface area contributed by atoms with Crippen molar-refractivity contribution in [3.05, 3.63) is 0 Å². The number of likely N-dealkylation sites (tertiary alicyclic amines) is 1. The number of morpholine rings is 1. The number of halogens is 2. The Morgan fingerprint density at radius 3 is 2.59 bits per heavy atom. The van der Waals surface area contributed by atoms with Gasteiger partial charge in [-0.2, -0.15) is 0 Å². The molecule has 2 aliphatic rings. The topological polar surface area (TPSA) is 44.8 Å². The van der Waals surface area contributed by atoms with Crippen molar-refractivity contribution in [1.29, 1.82) is 0 Å². The zero-order valence-electron chi connectivity index (χ0n) is 13.9. The molecule has 0 radical (unpaired) electrons. The van der Waals surface area contributed by atoms with Crippen LogP contribution in [-0.4, -0.2) is 73.7 Å². The third kappa shape index (κ3) is 5.53. The molecule has 2 aliphatic heterocycles. The smallest absolute Gasteiger partial charge is 0.242 e. The molecule has 0 aromatic heterocycles. The second-order valence-electron chi connectivity index (χ2n) is 5.93. The molecule has 22 heavy (non-hydrogen) atoms. The van der Waals surface area contributed by atoms with Crippen LogP contribution in [0.1, 0.15) is 27.2 Å². The van der Waals surface area contributed by atoms with Crippen LogP contribution in [0.3, 0.4) is 0 Å². The summed E-state index contributed by atoms with van der Waals surface area (Å²) in [7, 11) is 0. The molecule has 0 aromatic carbocycles. The maximum Gasteiger partial charge on any atom is 0.242 e. The summed E-state index contributed by atoms with van der Waals surface area (Å²) in [4.78, 5) is 17.0. The lowest BCUT2D eigenvalue weighted by Gasteiger charge is -2.32. The van der Waals surface area contributed by atoms with Crippen molar-refractivity contribution in [1.82, 2.24) is 15.1 Å². The first kappa shape index (κ1) is 21.9. The van der Waals surface area contributed by atoms with Crippen LogP contribution in [0.4, 0.5) is 0 Å². The minimum atomic E-state index is -0.157. The maximum absolute atomic E-state index is 12.6. The summed E-state index contributed by atoms with van der Waals surface area (Å²) in [5, 5.41) is 3.30. The van der Waals surface area contributed by atoms with Crippen LogP contribution in [0, 0.1) is 5.92 Å². The molecule has 0 bridgehead atoms. The van der Waals surface area contributed by atoms with Gasteiger partial charge in [0.2, 0.25) is 5.91 Å². The highest BCUT2D eigenvalue weighted by Crippen LogP contribution is 2.19. The zero-order valence-corrected chi connectivity index (χ0v) is 15.5. The van der Waals surface area contributed by atoms with Crippen LogP contribution < -0.4 is 5.32 Å². The van der Waals surface area contributed by atoms with Gasteiger partial charge < -0.3 is 19.9 Å². The first-order valence-electron chi connectivity index (χ1n) is 8.01. The first-order chi connectivity index (χ1) is 9.65. The van der Waals surface area contributed by atoms with E-state index >= 15 is 0 Å². The van der Waals surface area contributed by atoms with Gasteiger partial charge in [0.1, 0.15) is 6.04 Å². The SMILES string of the molecule is CCN(CC)CC1CCN(C(=O)[C@H]2NCCO[C@@H]2C)C1.Cl.Cl. The number of amides is 1. The van der Waals surface area contributed by atoms with Crippen LogP contribution in [0.2, 0.25) is 0 Å². The number of nitrogens with one attached hydrogen (secondary N) is 1. The van der Waals surface area contributed by atoms with E-state index in [-0.39, 0.29) is 42.9 Å². The van der Waals surface area contributed by atoms with Gasteiger partial charge in [0.25, 0.3) is 0 Å². The van der Waals surface area contributed by atoms with E-state index in [1.165, 1.54) is 0 Å². The summed E-state index contributed by atoms with van der Waals surface area (Å²) in [6.07, 6.45) is 1.11. The molecule has 2 fully saturated rings. The van der Waals surface area contributed by atoms with Crippen molar-refractivity contribution in [2.75, 3.05) is 45.9 Å². The van der Waals surface area contributed by atoms with Crippen LogP contribution >= 0.6 is 24.8 Å². The third-order valence-corrected chi connectivity index (χ3v) is 4.59. The Morgan fingerprint density at radius 2 is 2.00 bits per heavy atom. The zero-order chi connectivity index (χ0) is 14.5. The van der Waals surface area contributed by atoms with Crippen molar-refractivity contribution in [2.24, 2.45) is 5.92 Å². The Bertz CT molecular complexity index is 330. The number of carbonyl (C=O) groups is 1. The monoisotopic (exact) mass is 355 g/mol. The van der Waals surface area contributed by atoms with Gasteiger partial charge in [0.15, 0.2) is 0 Å².